The first-order valence-corrected chi connectivity index (χ1v) is 8.45. The molecule has 0 saturated heterocycles. The van der Waals surface area contributed by atoms with Gasteiger partial charge in [-0.25, -0.2) is 4.98 Å². The fraction of sp³-hybridized carbons (Fsp3) is 0.312. The van der Waals surface area contributed by atoms with Crippen LogP contribution >= 0.6 is 11.3 Å². The van der Waals surface area contributed by atoms with E-state index >= 15 is 0 Å². The van der Waals surface area contributed by atoms with Gasteiger partial charge >= 0.3 is 0 Å². The molecule has 0 spiro atoms. The van der Waals surface area contributed by atoms with Gasteiger partial charge in [0, 0.05) is 13.0 Å². The monoisotopic (exact) mass is 344 g/mol. The summed E-state index contributed by atoms with van der Waals surface area (Å²) in [5.41, 5.74) is 8.33. The first-order chi connectivity index (χ1) is 11.7. The molecule has 8 heteroatoms. The van der Waals surface area contributed by atoms with E-state index in [1.165, 1.54) is 0 Å². The van der Waals surface area contributed by atoms with E-state index in [-0.39, 0.29) is 18.4 Å². The summed E-state index contributed by atoms with van der Waals surface area (Å²) in [4.78, 5) is 18.5. The number of thiazole rings is 1. The summed E-state index contributed by atoms with van der Waals surface area (Å²) < 4.78 is 11.6. The summed E-state index contributed by atoms with van der Waals surface area (Å²) >= 11 is 1.58. The molecule has 0 aliphatic carbocycles. The second kappa shape index (κ2) is 6.21. The van der Waals surface area contributed by atoms with E-state index in [0.717, 1.165) is 26.5 Å². The molecule has 0 radical (unpaired) electrons. The van der Waals surface area contributed by atoms with E-state index in [4.69, 9.17) is 15.0 Å². The molecule has 1 aliphatic heterocycles. The molecule has 0 saturated carbocycles. The maximum atomic E-state index is 12.3. The highest BCUT2D eigenvalue weighted by Gasteiger charge is 2.25. The highest BCUT2D eigenvalue weighted by atomic mass is 32.1. The molecule has 124 valence electrons. The summed E-state index contributed by atoms with van der Waals surface area (Å²) in [5, 5.41) is 4.77. The Morgan fingerprint density at radius 1 is 1.42 bits per heavy atom. The highest BCUT2D eigenvalue weighted by Crippen LogP contribution is 2.24. The van der Waals surface area contributed by atoms with Gasteiger partial charge in [-0.1, -0.05) is 17.3 Å². The van der Waals surface area contributed by atoms with Crippen molar-refractivity contribution in [3.05, 3.63) is 40.5 Å². The van der Waals surface area contributed by atoms with Gasteiger partial charge in [-0.2, -0.15) is 0 Å². The largest absolute Gasteiger partial charge is 0.367 e. The summed E-state index contributed by atoms with van der Waals surface area (Å²) in [6.07, 6.45) is 0.652. The number of ether oxygens (including phenoxy) is 1. The normalized spacial score (nSPS) is 14.1. The SMILES string of the molecule is Nc1onc2c1CN(C(=O)COCc1nc3ccccc3s1)CC2. The van der Waals surface area contributed by atoms with Crippen LogP contribution in [0.15, 0.2) is 28.8 Å². The van der Waals surface area contributed by atoms with Crippen molar-refractivity contribution >= 4 is 33.3 Å². The molecular formula is C16H16N4O3S. The van der Waals surface area contributed by atoms with Crippen molar-refractivity contribution in [1.82, 2.24) is 15.0 Å². The molecule has 0 atom stereocenters. The molecule has 1 aromatic carbocycles. The molecular weight excluding hydrogens is 328 g/mol. The van der Waals surface area contributed by atoms with Crippen molar-refractivity contribution in [1.29, 1.82) is 0 Å². The highest BCUT2D eigenvalue weighted by molar-refractivity contribution is 7.18. The van der Waals surface area contributed by atoms with Crippen molar-refractivity contribution in [3.63, 3.8) is 0 Å². The third kappa shape index (κ3) is 2.85. The predicted octanol–water partition coefficient (Wildman–Crippen LogP) is 1.97. The van der Waals surface area contributed by atoms with E-state index in [0.29, 0.717) is 26.1 Å². The standard InChI is InChI=1S/C16H16N4O3S/c17-16-10-7-20(6-5-11(10)19-23-16)15(21)9-22-8-14-18-12-3-1-2-4-13(12)24-14/h1-4H,5-9,17H2. The van der Waals surface area contributed by atoms with Crippen molar-refractivity contribution in [2.24, 2.45) is 0 Å². The number of hydrogen-bond donors (Lipinski definition) is 1. The summed E-state index contributed by atoms with van der Waals surface area (Å²) in [7, 11) is 0. The van der Waals surface area contributed by atoms with Crippen LogP contribution in [0.1, 0.15) is 16.3 Å². The number of anilines is 1. The Hall–Kier alpha value is -2.45. The van der Waals surface area contributed by atoms with Crippen LogP contribution in [-0.4, -0.2) is 34.1 Å². The number of aromatic nitrogens is 2. The number of hydrogen-bond acceptors (Lipinski definition) is 7. The number of fused-ring (bicyclic) bond motifs is 2. The lowest BCUT2D eigenvalue weighted by atomic mass is 10.1. The third-order valence-electron chi connectivity index (χ3n) is 4.01. The van der Waals surface area contributed by atoms with E-state index in [2.05, 4.69) is 10.1 Å². The van der Waals surface area contributed by atoms with Crippen LogP contribution < -0.4 is 5.73 Å². The molecule has 3 aromatic rings. The van der Waals surface area contributed by atoms with Gasteiger partial charge in [0.1, 0.15) is 11.6 Å². The fourth-order valence-electron chi connectivity index (χ4n) is 2.74. The average Bonchev–Trinajstić information content (AvgIpc) is 3.18. The van der Waals surface area contributed by atoms with Gasteiger partial charge in [-0.3, -0.25) is 4.79 Å². The molecule has 7 nitrogen and oxygen atoms in total. The second-order valence-electron chi connectivity index (χ2n) is 5.61. The summed E-state index contributed by atoms with van der Waals surface area (Å²) in [6.45, 7) is 1.38. The molecule has 2 N–H and O–H groups in total. The van der Waals surface area contributed by atoms with Crippen molar-refractivity contribution < 1.29 is 14.1 Å². The Balaban J connectivity index is 1.33. The zero-order valence-electron chi connectivity index (χ0n) is 12.9. The number of amides is 1. The van der Waals surface area contributed by atoms with Gasteiger partial charge in [0.2, 0.25) is 11.8 Å². The topological polar surface area (TPSA) is 94.5 Å². The van der Waals surface area contributed by atoms with Gasteiger partial charge in [-0.05, 0) is 12.1 Å². The molecule has 0 unspecified atom stereocenters. The minimum Gasteiger partial charge on any atom is -0.367 e. The van der Waals surface area contributed by atoms with Crippen LogP contribution in [-0.2, 0) is 29.1 Å². The third-order valence-corrected chi connectivity index (χ3v) is 5.02. The van der Waals surface area contributed by atoms with E-state index in [1.807, 2.05) is 24.3 Å². The fourth-order valence-corrected chi connectivity index (χ4v) is 3.65. The Morgan fingerprint density at radius 2 is 2.29 bits per heavy atom. The van der Waals surface area contributed by atoms with Crippen molar-refractivity contribution in [3.8, 4) is 0 Å². The van der Waals surface area contributed by atoms with Crippen LogP contribution in [0.2, 0.25) is 0 Å². The van der Waals surface area contributed by atoms with Gasteiger partial charge in [-0.15, -0.1) is 11.3 Å². The van der Waals surface area contributed by atoms with Gasteiger partial charge in [0.25, 0.3) is 0 Å². The maximum absolute atomic E-state index is 12.3. The first-order valence-electron chi connectivity index (χ1n) is 7.63. The van der Waals surface area contributed by atoms with Crippen LogP contribution in [0, 0.1) is 0 Å². The van der Waals surface area contributed by atoms with Gasteiger partial charge in [0.05, 0.1) is 34.6 Å². The van der Waals surface area contributed by atoms with Crippen molar-refractivity contribution in [2.45, 2.75) is 19.6 Å². The zero-order chi connectivity index (χ0) is 16.5. The Labute approximate surface area is 142 Å². The van der Waals surface area contributed by atoms with Crippen LogP contribution in [0.3, 0.4) is 0 Å². The molecule has 1 aliphatic rings. The quantitative estimate of drug-likeness (QED) is 0.777. The molecule has 3 heterocycles. The number of benzene rings is 1. The van der Waals surface area contributed by atoms with E-state index in [9.17, 15) is 4.79 Å². The number of nitrogens with zero attached hydrogens (tertiary/aromatic N) is 3. The van der Waals surface area contributed by atoms with Crippen LogP contribution in [0.4, 0.5) is 5.88 Å². The summed E-state index contributed by atoms with van der Waals surface area (Å²) in [6, 6.07) is 7.93. The number of nitrogen functional groups attached to an aromatic ring is 1. The molecule has 2 aromatic heterocycles. The molecule has 1 amide bonds. The lowest BCUT2D eigenvalue weighted by molar-refractivity contribution is -0.137. The first kappa shape index (κ1) is 15.1. The van der Waals surface area contributed by atoms with Crippen molar-refractivity contribution in [2.75, 3.05) is 18.9 Å². The average molecular weight is 344 g/mol. The maximum Gasteiger partial charge on any atom is 0.248 e. The van der Waals surface area contributed by atoms with Crippen LogP contribution in [0.25, 0.3) is 10.2 Å². The number of carbonyl (C=O) groups is 1. The number of para-hydroxylation sites is 1. The number of rotatable bonds is 4. The smallest absolute Gasteiger partial charge is 0.248 e. The van der Waals surface area contributed by atoms with E-state index in [1.54, 1.807) is 16.2 Å². The Kier molecular flexibility index (Phi) is 3.91. The molecule has 24 heavy (non-hydrogen) atoms. The number of carbonyl (C=O) groups excluding carboxylic acids is 1. The lowest BCUT2D eigenvalue weighted by Gasteiger charge is -2.25. The minimum absolute atomic E-state index is 0.0242. The van der Waals surface area contributed by atoms with Gasteiger partial charge < -0.3 is 19.9 Å². The molecule has 4 rings (SSSR count). The second-order valence-corrected chi connectivity index (χ2v) is 6.72. The predicted molar refractivity (Wildman–Crippen MR) is 89.3 cm³/mol. The van der Waals surface area contributed by atoms with Crippen LogP contribution in [0.5, 0.6) is 0 Å². The number of nitrogens with two attached hydrogens (primary N) is 1. The Bertz CT molecular complexity index is 855. The lowest BCUT2D eigenvalue weighted by Crippen LogP contribution is -2.38. The Morgan fingerprint density at radius 3 is 3.17 bits per heavy atom. The molecule has 0 bridgehead atoms. The van der Waals surface area contributed by atoms with Gasteiger partial charge in [0.15, 0.2) is 0 Å². The summed E-state index contributed by atoms with van der Waals surface area (Å²) in [5.74, 6) is 0.222. The molecule has 0 fully saturated rings. The minimum atomic E-state index is -0.0673. The zero-order valence-corrected chi connectivity index (χ0v) is 13.7. The van der Waals surface area contributed by atoms with E-state index < -0.39 is 0 Å².